The molecule has 0 aromatic carbocycles. The van der Waals surface area contributed by atoms with Crippen molar-refractivity contribution in [2.75, 3.05) is 18.1 Å². The molecule has 2 aromatic rings. The van der Waals surface area contributed by atoms with Gasteiger partial charge in [0.15, 0.2) is 0 Å². The molecule has 0 radical (unpaired) electrons. The van der Waals surface area contributed by atoms with E-state index in [1.165, 1.54) is 0 Å². The van der Waals surface area contributed by atoms with Crippen molar-refractivity contribution < 1.29 is 9.53 Å². The molecule has 26 heavy (non-hydrogen) atoms. The molecular formula is C19H28N4O2Si. The van der Waals surface area contributed by atoms with E-state index in [2.05, 4.69) is 24.6 Å². The number of hydrogen-bond acceptors (Lipinski definition) is 4. The number of anilines is 1. The van der Waals surface area contributed by atoms with E-state index in [9.17, 15) is 4.79 Å². The van der Waals surface area contributed by atoms with Gasteiger partial charge in [0.25, 0.3) is 0 Å². The van der Waals surface area contributed by atoms with Gasteiger partial charge in [-0.05, 0) is 31.0 Å². The SMILES string of the molecule is C[Si](C)(C)CCOCn1nc(-c2ccncc2)cc1N1CCCCC1=O. The number of pyridine rings is 1. The monoisotopic (exact) mass is 372 g/mol. The van der Waals surface area contributed by atoms with Crippen molar-refractivity contribution in [2.45, 2.75) is 51.7 Å². The van der Waals surface area contributed by atoms with Gasteiger partial charge in [0, 0.05) is 51.7 Å². The molecule has 3 heterocycles. The van der Waals surface area contributed by atoms with Crippen LogP contribution in [0.1, 0.15) is 19.3 Å². The van der Waals surface area contributed by atoms with Gasteiger partial charge in [0.1, 0.15) is 12.5 Å². The Morgan fingerprint density at radius 1 is 1.19 bits per heavy atom. The molecule has 140 valence electrons. The predicted octanol–water partition coefficient (Wildman–Crippen LogP) is 3.77. The van der Waals surface area contributed by atoms with Gasteiger partial charge in [-0.2, -0.15) is 5.10 Å². The molecule has 3 rings (SSSR count). The second kappa shape index (κ2) is 8.14. The van der Waals surface area contributed by atoms with Crippen LogP contribution in [-0.4, -0.2) is 41.9 Å². The van der Waals surface area contributed by atoms with E-state index in [0.29, 0.717) is 13.2 Å². The van der Waals surface area contributed by atoms with Crippen LogP contribution in [-0.2, 0) is 16.3 Å². The van der Waals surface area contributed by atoms with Crippen molar-refractivity contribution in [3.05, 3.63) is 30.6 Å². The first kappa shape index (κ1) is 18.8. The van der Waals surface area contributed by atoms with Crippen LogP contribution in [0, 0.1) is 0 Å². The third-order valence-corrected chi connectivity index (χ3v) is 6.25. The number of piperidine rings is 1. The topological polar surface area (TPSA) is 60.2 Å². The standard InChI is InChI=1S/C19H28N4O2Si/c1-26(2,3)13-12-25-15-23-18(22-11-5-4-6-19(22)24)14-17(21-23)16-7-9-20-10-8-16/h7-10,14H,4-6,11-13,15H2,1-3H3. The average Bonchev–Trinajstić information content (AvgIpc) is 3.03. The fraction of sp³-hybridized carbons (Fsp3) is 0.526. The lowest BCUT2D eigenvalue weighted by molar-refractivity contribution is -0.119. The number of rotatable bonds is 7. The normalized spacial score (nSPS) is 15.5. The van der Waals surface area contributed by atoms with Crippen LogP contribution in [0.4, 0.5) is 5.82 Å². The van der Waals surface area contributed by atoms with E-state index in [1.807, 2.05) is 27.8 Å². The van der Waals surface area contributed by atoms with E-state index >= 15 is 0 Å². The summed E-state index contributed by atoms with van der Waals surface area (Å²) in [5, 5.41) is 4.71. The van der Waals surface area contributed by atoms with Crippen molar-refractivity contribution in [1.82, 2.24) is 14.8 Å². The lowest BCUT2D eigenvalue weighted by Crippen LogP contribution is -2.37. The molecule has 6 nitrogen and oxygen atoms in total. The molecule has 0 atom stereocenters. The zero-order valence-electron chi connectivity index (χ0n) is 15.9. The van der Waals surface area contributed by atoms with Gasteiger partial charge in [-0.15, -0.1) is 0 Å². The molecular weight excluding hydrogens is 344 g/mol. The number of aromatic nitrogens is 3. The van der Waals surface area contributed by atoms with Gasteiger partial charge in [0.2, 0.25) is 5.91 Å². The van der Waals surface area contributed by atoms with Crippen molar-refractivity contribution in [2.24, 2.45) is 0 Å². The maximum Gasteiger partial charge on any atom is 0.228 e. The zero-order chi connectivity index (χ0) is 18.6. The van der Waals surface area contributed by atoms with E-state index < -0.39 is 8.07 Å². The van der Waals surface area contributed by atoms with Crippen LogP contribution in [0.25, 0.3) is 11.3 Å². The second-order valence-electron chi connectivity index (χ2n) is 7.97. The lowest BCUT2D eigenvalue weighted by atomic mass is 10.1. The molecule has 2 aromatic heterocycles. The first-order valence-electron chi connectivity index (χ1n) is 9.30. The number of hydrogen-bond donors (Lipinski definition) is 0. The Bertz CT molecular complexity index is 740. The zero-order valence-corrected chi connectivity index (χ0v) is 16.9. The van der Waals surface area contributed by atoms with Crippen LogP contribution in [0.5, 0.6) is 0 Å². The highest BCUT2D eigenvalue weighted by Crippen LogP contribution is 2.27. The van der Waals surface area contributed by atoms with Gasteiger partial charge >= 0.3 is 0 Å². The Morgan fingerprint density at radius 3 is 2.65 bits per heavy atom. The molecule has 0 bridgehead atoms. The molecule has 0 aliphatic carbocycles. The van der Waals surface area contributed by atoms with Crippen molar-refractivity contribution in [3.63, 3.8) is 0 Å². The predicted molar refractivity (Wildman–Crippen MR) is 106 cm³/mol. The molecule has 0 unspecified atom stereocenters. The minimum absolute atomic E-state index is 0.167. The van der Waals surface area contributed by atoms with Crippen molar-refractivity contribution in [1.29, 1.82) is 0 Å². The molecule has 0 spiro atoms. The molecule has 1 amide bonds. The average molecular weight is 373 g/mol. The molecule has 1 aliphatic rings. The minimum Gasteiger partial charge on any atom is -0.359 e. The summed E-state index contributed by atoms with van der Waals surface area (Å²) < 4.78 is 7.72. The summed E-state index contributed by atoms with van der Waals surface area (Å²) in [5.74, 6) is 0.996. The Kier molecular flexibility index (Phi) is 5.88. The largest absolute Gasteiger partial charge is 0.359 e. The maximum atomic E-state index is 12.4. The third kappa shape index (κ3) is 4.79. The number of carbonyl (C=O) groups excluding carboxylic acids is 1. The van der Waals surface area contributed by atoms with Gasteiger partial charge in [-0.25, -0.2) is 4.68 Å². The van der Waals surface area contributed by atoms with Crippen molar-refractivity contribution in [3.8, 4) is 11.3 Å². The summed E-state index contributed by atoms with van der Waals surface area (Å²) >= 11 is 0. The smallest absolute Gasteiger partial charge is 0.228 e. The fourth-order valence-electron chi connectivity index (χ4n) is 2.96. The number of carbonyl (C=O) groups is 1. The van der Waals surface area contributed by atoms with E-state index in [4.69, 9.17) is 9.84 Å². The fourth-order valence-corrected chi connectivity index (χ4v) is 3.72. The highest BCUT2D eigenvalue weighted by molar-refractivity contribution is 6.76. The summed E-state index contributed by atoms with van der Waals surface area (Å²) in [6.07, 6.45) is 6.10. The molecule has 1 fully saturated rings. The van der Waals surface area contributed by atoms with Gasteiger partial charge in [0.05, 0.1) is 5.69 Å². The second-order valence-corrected chi connectivity index (χ2v) is 13.6. The molecule has 7 heteroatoms. The number of nitrogens with zero attached hydrogens (tertiary/aromatic N) is 4. The third-order valence-electron chi connectivity index (χ3n) is 4.54. The quantitative estimate of drug-likeness (QED) is 0.548. The van der Waals surface area contributed by atoms with Gasteiger partial charge < -0.3 is 4.74 Å². The Hall–Kier alpha value is -1.99. The maximum absolute atomic E-state index is 12.4. The molecule has 1 saturated heterocycles. The summed E-state index contributed by atoms with van der Waals surface area (Å²) in [7, 11) is -1.13. The van der Waals surface area contributed by atoms with Crippen LogP contribution in [0.2, 0.25) is 25.7 Å². The number of amides is 1. The van der Waals surface area contributed by atoms with Gasteiger partial charge in [-0.1, -0.05) is 19.6 Å². The first-order valence-corrected chi connectivity index (χ1v) is 13.0. The summed E-state index contributed by atoms with van der Waals surface area (Å²) in [4.78, 5) is 18.3. The van der Waals surface area contributed by atoms with E-state index in [-0.39, 0.29) is 5.91 Å². The molecule has 0 N–H and O–H groups in total. The Morgan fingerprint density at radius 2 is 1.96 bits per heavy atom. The Balaban J connectivity index is 1.80. The highest BCUT2D eigenvalue weighted by atomic mass is 28.3. The van der Waals surface area contributed by atoms with Crippen molar-refractivity contribution >= 4 is 19.8 Å². The minimum atomic E-state index is -1.13. The van der Waals surface area contributed by atoms with E-state index in [0.717, 1.165) is 49.1 Å². The van der Waals surface area contributed by atoms with Crippen LogP contribution in [0.15, 0.2) is 30.6 Å². The summed E-state index contributed by atoms with van der Waals surface area (Å²) in [6.45, 7) is 8.86. The highest BCUT2D eigenvalue weighted by Gasteiger charge is 2.24. The van der Waals surface area contributed by atoms with Crippen LogP contribution in [0.3, 0.4) is 0 Å². The molecule has 1 aliphatic heterocycles. The summed E-state index contributed by atoms with van der Waals surface area (Å²) in [6, 6.07) is 6.96. The number of ether oxygens (including phenoxy) is 1. The summed E-state index contributed by atoms with van der Waals surface area (Å²) in [5.41, 5.74) is 1.83. The first-order chi connectivity index (χ1) is 12.4. The van der Waals surface area contributed by atoms with Gasteiger partial charge in [-0.3, -0.25) is 14.7 Å². The van der Waals surface area contributed by atoms with Crippen LogP contribution < -0.4 is 4.90 Å². The molecule has 0 saturated carbocycles. The van der Waals surface area contributed by atoms with E-state index in [1.54, 1.807) is 12.4 Å². The van der Waals surface area contributed by atoms with Crippen LogP contribution >= 0.6 is 0 Å². The lowest BCUT2D eigenvalue weighted by Gasteiger charge is -2.27. The Labute approximate surface area is 156 Å².